The van der Waals surface area contributed by atoms with E-state index in [-0.39, 0.29) is 28.3 Å². The van der Waals surface area contributed by atoms with Crippen molar-refractivity contribution in [2.24, 2.45) is 0 Å². The third kappa shape index (κ3) is 6.32. The topological polar surface area (TPSA) is 76.0 Å². The quantitative estimate of drug-likeness (QED) is 0.351. The van der Waals surface area contributed by atoms with E-state index in [9.17, 15) is 14.0 Å². The number of carbonyl (C=O) groups excluding carboxylic acids is 2. The van der Waals surface area contributed by atoms with Crippen molar-refractivity contribution in [3.05, 3.63) is 71.3 Å². The number of unbranched alkanes of at least 4 members (excludes halogenated alkanes) is 1. The molecule has 0 unspecified atom stereocenters. The van der Waals surface area contributed by atoms with Gasteiger partial charge in [-0.05, 0) is 42.8 Å². The number of halogens is 2. The molecule has 0 aliphatic carbocycles. The Hall–Kier alpha value is -2.84. The summed E-state index contributed by atoms with van der Waals surface area (Å²) in [5.41, 5.74) is 1.38. The molecule has 0 aliphatic heterocycles. The molecule has 0 bridgehead atoms. The summed E-state index contributed by atoms with van der Waals surface area (Å²) in [6.07, 6.45) is 5.31. The molecular weight excluding hydrogens is 439 g/mol. The molecule has 2 N–H and O–H groups in total. The second kappa shape index (κ2) is 11.0. The van der Waals surface area contributed by atoms with Gasteiger partial charge in [-0.15, -0.1) is 0 Å². The monoisotopic (exact) mass is 460 g/mol. The molecule has 0 aliphatic rings. The van der Waals surface area contributed by atoms with Gasteiger partial charge in [-0.25, -0.2) is 9.37 Å². The van der Waals surface area contributed by atoms with Crippen LogP contribution >= 0.6 is 23.4 Å². The first-order valence-electron chi connectivity index (χ1n) is 9.77. The number of nitrogens with zero attached hydrogens (tertiary/aromatic N) is 2. The van der Waals surface area contributed by atoms with Gasteiger partial charge in [0.15, 0.2) is 5.16 Å². The lowest BCUT2D eigenvalue weighted by molar-refractivity contribution is -0.113. The fourth-order valence-electron chi connectivity index (χ4n) is 2.78. The zero-order valence-corrected chi connectivity index (χ0v) is 18.5. The highest BCUT2D eigenvalue weighted by Gasteiger charge is 2.13. The Morgan fingerprint density at radius 1 is 1.23 bits per heavy atom. The van der Waals surface area contributed by atoms with E-state index < -0.39 is 5.82 Å². The van der Waals surface area contributed by atoms with E-state index in [0.29, 0.717) is 17.3 Å². The van der Waals surface area contributed by atoms with Gasteiger partial charge in [-0.2, -0.15) is 0 Å². The number of hydrogen-bond acceptors (Lipinski definition) is 4. The zero-order chi connectivity index (χ0) is 22.2. The van der Waals surface area contributed by atoms with Crippen molar-refractivity contribution in [1.29, 1.82) is 0 Å². The van der Waals surface area contributed by atoms with Gasteiger partial charge < -0.3 is 10.6 Å². The molecule has 162 valence electrons. The van der Waals surface area contributed by atoms with Crippen LogP contribution in [0.4, 0.5) is 10.1 Å². The van der Waals surface area contributed by atoms with Crippen molar-refractivity contribution in [3.8, 4) is 5.69 Å². The number of benzene rings is 2. The molecule has 2 aromatic carbocycles. The first kappa shape index (κ1) is 22.8. The number of rotatable bonds is 9. The highest BCUT2D eigenvalue weighted by Crippen LogP contribution is 2.23. The number of nitrogens with one attached hydrogen (secondary N) is 2. The van der Waals surface area contributed by atoms with Crippen molar-refractivity contribution < 1.29 is 14.0 Å². The fraction of sp³-hybridized carbons (Fsp3) is 0.227. The fourth-order valence-corrected chi connectivity index (χ4v) is 3.71. The summed E-state index contributed by atoms with van der Waals surface area (Å²) in [5, 5.41) is 6.26. The van der Waals surface area contributed by atoms with Crippen molar-refractivity contribution in [2.45, 2.75) is 24.9 Å². The molecule has 0 spiro atoms. The molecule has 3 rings (SSSR count). The van der Waals surface area contributed by atoms with Gasteiger partial charge in [0, 0.05) is 35.2 Å². The van der Waals surface area contributed by atoms with Gasteiger partial charge in [-0.3, -0.25) is 14.2 Å². The Kier molecular flexibility index (Phi) is 8.08. The van der Waals surface area contributed by atoms with Crippen LogP contribution in [0, 0.1) is 5.82 Å². The van der Waals surface area contributed by atoms with Crippen molar-refractivity contribution in [1.82, 2.24) is 14.9 Å². The lowest BCUT2D eigenvalue weighted by Gasteiger charge is -2.10. The number of aromatic nitrogens is 2. The molecule has 0 saturated heterocycles. The lowest BCUT2D eigenvalue weighted by Crippen LogP contribution is -2.24. The maximum Gasteiger partial charge on any atom is 0.251 e. The van der Waals surface area contributed by atoms with E-state index in [1.165, 1.54) is 23.9 Å². The van der Waals surface area contributed by atoms with Crippen LogP contribution in [0.15, 0.2) is 60.0 Å². The maximum absolute atomic E-state index is 13.9. The number of carbonyl (C=O) groups is 2. The van der Waals surface area contributed by atoms with Crippen LogP contribution in [0.3, 0.4) is 0 Å². The summed E-state index contributed by atoms with van der Waals surface area (Å²) in [7, 11) is 0. The number of anilines is 1. The van der Waals surface area contributed by atoms with Gasteiger partial charge in [0.2, 0.25) is 5.91 Å². The number of amides is 2. The summed E-state index contributed by atoms with van der Waals surface area (Å²) in [5.74, 6) is -1.06. The molecule has 1 heterocycles. The van der Waals surface area contributed by atoms with Gasteiger partial charge in [-0.1, -0.05) is 42.8 Å². The molecule has 6 nitrogen and oxygen atoms in total. The van der Waals surface area contributed by atoms with Gasteiger partial charge in [0.05, 0.1) is 11.4 Å². The second-order valence-electron chi connectivity index (χ2n) is 6.70. The highest BCUT2D eigenvalue weighted by molar-refractivity contribution is 7.99. The molecular formula is C22H22ClFN4O2S. The van der Waals surface area contributed by atoms with Crippen molar-refractivity contribution in [2.75, 3.05) is 17.6 Å². The second-order valence-corrected chi connectivity index (χ2v) is 8.08. The molecule has 2 amide bonds. The van der Waals surface area contributed by atoms with Crippen molar-refractivity contribution in [3.63, 3.8) is 0 Å². The summed E-state index contributed by atoms with van der Waals surface area (Å²) in [6.45, 7) is 2.70. The lowest BCUT2D eigenvalue weighted by atomic mass is 10.2. The van der Waals surface area contributed by atoms with Crippen LogP contribution in [-0.2, 0) is 4.79 Å². The molecule has 1 aromatic heterocycles. The smallest absolute Gasteiger partial charge is 0.251 e. The highest BCUT2D eigenvalue weighted by atomic mass is 35.5. The molecule has 0 atom stereocenters. The predicted molar refractivity (Wildman–Crippen MR) is 122 cm³/mol. The van der Waals surface area contributed by atoms with Gasteiger partial charge in [0.1, 0.15) is 5.82 Å². The van der Waals surface area contributed by atoms with Crippen LogP contribution < -0.4 is 10.6 Å². The first-order chi connectivity index (χ1) is 15.0. The summed E-state index contributed by atoms with van der Waals surface area (Å²) in [4.78, 5) is 28.9. The van der Waals surface area contributed by atoms with Crippen LogP contribution in [0.5, 0.6) is 0 Å². The third-order valence-electron chi connectivity index (χ3n) is 4.35. The SMILES string of the molecule is CCCCNC(=O)c1cccc(-n2ccnc2SCC(=O)Nc2ccc(Cl)cc2F)c1. The average molecular weight is 461 g/mol. The largest absolute Gasteiger partial charge is 0.352 e. The molecule has 31 heavy (non-hydrogen) atoms. The van der Waals surface area contributed by atoms with E-state index in [0.717, 1.165) is 24.6 Å². The first-order valence-corrected chi connectivity index (χ1v) is 11.1. The minimum atomic E-state index is -0.596. The van der Waals surface area contributed by atoms with Gasteiger partial charge >= 0.3 is 0 Å². The van der Waals surface area contributed by atoms with Crippen molar-refractivity contribution >= 4 is 40.9 Å². The normalized spacial score (nSPS) is 10.7. The van der Waals surface area contributed by atoms with Crippen LogP contribution in [-0.4, -0.2) is 33.7 Å². The van der Waals surface area contributed by atoms with E-state index in [1.807, 2.05) is 6.07 Å². The van der Waals surface area contributed by atoms with E-state index >= 15 is 0 Å². The Morgan fingerprint density at radius 2 is 2.06 bits per heavy atom. The van der Waals surface area contributed by atoms with Crippen LogP contribution in [0.25, 0.3) is 5.69 Å². The van der Waals surface area contributed by atoms with Gasteiger partial charge in [0.25, 0.3) is 5.91 Å². The Morgan fingerprint density at radius 3 is 2.84 bits per heavy atom. The maximum atomic E-state index is 13.9. The Bertz CT molecular complexity index is 1070. The molecule has 0 saturated carbocycles. The summed E-state index contributed by atoms with van der Waals surface area (Å²) in [6, 6.07) is 11.2. The molecule has 0 fully saturated rings. The molecule has 3 aromatic rings. The molecule has 0 radical (unpaired) electrons. The minimum Gasteiger partial charge on any atom is -0.352 e. The standard InChI is InChI=1S/C22H22ClFN4O2S/c1-2-3-9-25-21(30)15-5-4-6-17(12-15)28-11-10-26-22(28)31-14-20(29)27-19-8-7-16(23)13-18(19)24/h4-8,10-13H,2-3,9,14H2,1H3,(H,25,30)(H,27,29). The number of hydrogen-bond donors (Lipinski definition) is 2. The zero-order valence-electron chi connectivity index (χ0n) is 16.9. The van der Waals surface area contributed by atoms with E-state index in [2.05, 4.69) is 22.5 Å². The van der Waals surface area contributed by atoms with Crippen LogP contribution in [0.1, 0.15) is 30.1 Å². The Labute approximate surface area is 189 Å². The summed E-state index contributed by atoms with van der Waals surface area (Å²) < 4.78 is 15.7. The number of thioether (sulfide) groups is 1. The minimum absolute atomic E-state index is 0.0380. The Balaban J connectivity index is 1.65. The number of imidazole rings is 1. The van der Waals surface area contributed by atoms with Crippen LogP contribution in [0.2, 0.25) is 5.02 Å². The van der Waals surface area contributed by atoms with E-state index in [1.54, 1.807) is 35.2 Å². The predicted octanol–water partition coefficient (Wildman–Crippen LogP) is 4.93. The third-order valence-corrected chi connectivity index (χ3v) is 5.55. The average Bonchev–Trinajstić information content (AvgIpc) is 3.23. The van der Waals surface area contributed by atoms with E-state index in [4.69, 9.17) is 11.6 Å². The summed E-state index contributed by atoms with van der Waals surface area (Å²) >= 11 is 6.93. The molecule has 9 heteroatoms.